The molecule has 2 aromatic carbocycles. The van der Waals surface area contributed by atoms with Crippen molar-refractivity contribution in [3.05, 3.63) is 71.2 Å². The lowest BCUT2D eigenvalue weighted by molar-refractivity contribution is -0.131. The first kappa shape index (κ1) is 22.5. The maximum absolute atomic E-state index is 13.3. The van der Waals surface area contributed by atoms with E-state index < -0.39 is 0 Å². The first-order valence-corrected chi connectivity index (χ1v) is 10.9. The van der Waals surface area contributed by atoms with Crippen molar-refractivity contribution in [1.29, 1.82) is 0 Å². The van der Waals surface area contributed by atoms with Gasteiger partial charge in [-0.2, -0.15) is 0 Å². The van der Waals surface area contributed by atoms with Crippen LogP contribution < -0.4 is 10.1 Å². The summed E-state index contributed by atoms with van der Waals surface area (Å²) in [6.45, 7) is 2.80. The molecule has 3 aromatic rings. The van der Waals surface area contributed by atoms with Gasteiger partial charge in [0, 0.05) is 30.3 Å². The Bertz CT molecular complexity index is 1130. The molecule has 0 aliphatic carbocycles. The number of hydrogen-bond acceptors (Lipinski definition) is 5. The summed E-state index contributed by atoms with van der Waals surface area (Å²) < 4.78 is 23.9. The van der Waals surface area contributed by atoms with Crippen molar-refractivity contribution in [2.75, 3.05) is 20.2 Å². The molecule has 1 aromatic heterocycles. The minimum absolute atomic E-state index is 0.0396. The summed E-state index contributed by atoms with van der Waals surface area (Å²) in [5.41, 5.74) is 2.19. The lowest BCUT2D eigenvalue weighted by Gasteiger charge is -2.32. The highest BCUT2D eigenvalue weighted by Crippen LogP contribution is 2.26. The fraction of sp³-hybridized carbons (Fsp3) is 0.320. The zero-order chi connectivity index (χ0) is 23.4. The zero-order valence-corrected chi connectivity index (χ0v) is 18.6. The largest absolute Gasteiger partial charge is 0.496 e. The first-order valence-electron chi connectivity index (χ1n) is 10.9. The number of benzene rings is 2. The van der Waals surface area contributed by atoms with Gasteiger partial charge in [0.15, 0.2) is 0 Å². The van der Waals surface area contributed by atoms with Crippen LogP contribution >= 0.6 is 0 Å². The summed E-state index contributed by atoms with van der Waals surface area (Å²) in [7, 11) is 1.59. The SMILES string of the molecule is COc1ccccc1CC(=O)N1CCC(NC(=O)c2c(-c3ccc(F)cc3)noc2C)CC1. The van der Waals surface area contributed by atoms with E-state index in [1.807, 2.05) is 29.2 Å². The number of hydrogen-bond donors (Lipinski definition) is 1. The van der Waals surface area contributed by atoms with Crippen molar-refractivity contribution < 1.29 is 23.2 Å². The molecule has 1 aliphatic rings. The summed E-state index contributed by atoms with van der Waals surface area (Å²) in [6.07, 6.45) is 1.58. The highest BCUT2D eigenvalue weighted by Gasteiger charge is 2.27. The van der Waals surface area contributed by atoms with Crippen LogP contribution in [0.4, 0.5) is 4.39 Å². The maximum Gasteiger partial charge on any atom is 0.257 e. The van der Waals surface area contributed by atoms with E-state index >= 15 is 0 Å². The molecule has 1 fully saturated rings. The third kappa shape index (κ3) is 5.05. The number of ether oxygens (including phenoxy) is 1. The Morgan fingerprint density at radius 2 is 1.85 bits per heavy atom. The Hall–Kier alpha value is -3.68. The number of methoxy groups -OCH3 is 1. The van der Waals surface area contributed by atoms with Crippen molar-refractivity contribution in [2.45, 2.75) is 32.2 Å². The minimum atomic E-state index is -0.364. The molecule has 0 saturated carbocycles. The third-order valence-corrected chi connectivity index (χ3v) is 5.92. The number of carbonyl (C=O) groups excluding carboxylic acids is 2. The van der Waals surface area contributed by atoms with Gasteiger partial charge in [-0.15, -0.1) is 0 Å². The lowest BCUT2D eigenvalue weighted by Crippen LogP contribution is -2.47. The van der Waals surface area contributed by atoms with E-state index in [0.717, 1.165) is 5.56 Å². The molecule has 0 radical (unpaired) electrons. The highest BCUT2D eigenvalue weighted by atomic mass is 19.1. The average Bonchev–Trinajstić information content (AvgIpc) is 3.21. The molecule has 1 saturated heterocycles. The van der Waals surface area contributed by atoms with Crippen molar-refractivity contribution in [1.82, 2.24) is 15.4 Å². The van der Waals surface area contributed by atoms with Crippen LogP contribution in [-0.4, -0.2) is 48.1 Å². The third-order valence-electron chi connectivity index (χ3n) is 5.92. The zero-order valence-electron chi connectivity index (χ0n) is 18.6. The van der Waals surface area contributed by atoms with Crippen LogP contribution in [0.3, 0.4) is 0 Å². The van der Waals surface area contributed by atoms with Crippen LogP contribution in [0.1, 0.15) is 34.5 Å². The number of carbonyl (C=O) groups is 2. The maximum atomic E-state index is 13.3. The summed E-state index contributed by atoms with van der Waals surface area (Å²) in [4.78, 5) is 27.6. The van der Waals surface area contributed by atoms with Crippen LogP contribution in [0.5, 0.6) is 5.75 Å². The molecule has 0 atom stereocenters. The highest BCUT2D eigenvalue weighted by molar-refractivity contribution is 6.00. The van der Waals surface area contributed by atoms with Gasteiger partial charge in [-0.3, -0.25) is 9.59 Å². The molecule has 1 N–H and O–H groups in total. The van der Waals surface area contributed by atoms with Gasteiger partial charge in [-0.1, -0.05) is 23.4 Å². The molecule has 0 spiro atoms. The van der Waals surface area contributed by atoms with Crippen LogP contribution in [-0.2, 0) is 11.2 Å². The van der Waals surface area contributed by atoms with Gasteiger partial charge < -0.3 is 19.5 Å². The number of amides is 2. The molecule has 2 heterocycles. The number of aryl methyl sites for hydroxylation is 1. The standard InChI is InChI=1S/C25H26FN3O4/c1-16-23(24(28-33-16)17-7-9-19(26)10-8-17)25(31)27-20-11-13-29(14-12-20)22(30)15-18-5-3-4-6-21(18)32-2/h3-10,20H,11-15H2,1-2H3,(H,27,31). The Morgan fingerprint density at radius 1 is 1.15 bits per heavy atom. The van der Waals surface area contributed by atoms with E-state index in [1.54, 1.807) is 26.2 Å². The molecular weight excluding hydrogens is 425 g/mol. The molecule has 4 rings (SSSR count). The number of rotatable bonds is 6. The summed E-state index contributed by atoms with van der Waals surface area (Å²) in [5, 5.41) is 7.04. The van der Waals surface area contributed by atoms with Gasteiger partial charge in [-0.25, -0.2) is 4.39 Å². The van der Waals surface area contributed by atoms with Gasteiger partial charge in [0.05, 0.1) is 13.5 Å². The second kappa shape index (κ2) is 9.85. The fourth-order valence-corrected chi connectivity index (χ4v) is 4.10. The van der Waals surface area contributed by atoms with E-state index in [0.29, 0.717) is 54.3 Å². The van der Waals surface area contributed by atoms with Crippen molar-refractivity contribution in [2.24, 2.45) is 0 Å². The Labute approximate surface area is 191 Å². The van der Waals surface area contributed by atoms with Gasteiger partial charge >= 0.3 is 0 Å². The van der Waals surface area contributed by atoms with Crippen LogP contribution in [0.15, 0.2) is 53.1 Å². The molecule has 0 unspecified atom stereocenters. The number of nitrogens with zero attached hydrogens (tertiary/aromatic N) is 2. The normalized spacial score (nSPS) is 14.2. The lowest BCUT2D eigenvalue weighted by atomic mass is 10.0. The first-order chi connectivity index (χ1) is 16.0. The molecule has 1 aliphatic heterocycles. The molecule has 172 valence electrons. The number of halogens is 1. The molecule has 2 amide bonds. The Morgan fingerprint density at radius 3 is 2.55 bits per heavy atom. The van der Waals surface area contributed by atoms with Gasteiger partial charge in [0.25, 0.3) is 5.91 Å². The van der Waals surface area contributed by atoms with Crippen LogP contribution in [0.2, 0.25) is 0 Å². The molecular formula is C25H26FN3O4. The van der Waals surface area contributed by atoms with E-state index in [2.05, 4.69) is 10.5 Å². The number of nitrogens with one attached hydrogen (secondary N) is 1. The van der Waals surface area contributed by atoms with Crippen molar-refractivity contribution in [3.8, 4) is 17.0 Å². The van der Waals surface area contributed by atoms with Crippen molar-refractivity contribution >= 4 is 11.8 Å². The molecule has 8 heteroatoms. The second-order valence-corrected chi connectivity index (χ2v) is 8.09. The summed E-state index contributed by atoms with van der Waals surface area (Å²) >= 11 is 0. The van der Waals surface area contributed by atoms with E-state index in [1.165, 1.54) is 12.1 Å². The van der Waals surface area contributed by atoms with E-state index in [4.69, 9.17) is 9.26 Å². The van der Waals surface area contributed by atoms with Gasteiger partial charge in [0.1, 0.15) is 28.6 Å². The smallest absolute Gasteiger partial charge is 0.257 e. The predicted molar refractivity (Wildman–Crippen MR) is 120 cm³/mol. The van der Waals surface area contributed by atoms with Crippen LogP contribution in [0.25, 0.3) is 11.3 Å². The quantitative estimate of drug-likeness (QED) is 0.617. The number of aromatic nitrogens is 1. The Kier molecular flexibility index (Phi) is 6.72. The van der Waals surface area contributed by atoms with Gasteiger partial charge in [-0.05, 0) is 50.1 Å². The number of para-hydroxylation sites is 1. The molecule has 7 nitrogen and oxygen atoms in total. The van der Waals surface area contributed by atoms with E-state index in [9.17, 15) is 14.0 Å². The predicted octanol–water partition coefficient (Wildman–Crippen LogP) is 3.76. The topological polar surface area (TPSA) is 84.7 Å². The monoisotopic (exact) mass is 451 g/mol. The van der Waals surface area contributed by atoms with Gasteiger partial charge in [0.2, 0.25) is 5.91 Å². The second-order valence-electron chi connectivity index (χ2n) is 8.09. The average molecular weight is 451 g/mol. The van der Waals surface area contributed by atoms with Crippen molar-refractivity contribution in [3.63, 3.8) is 0 Å². The summed E-state index contributed by atoms with van der Waals surface area (Å²) in [6, 6.07) is 13.2. The minimum Gasteiger partial charge on any atom is -0.496 e. The molecule has 33 heavy (non-hydrogen) atoms. The molecule has 0 bridgehead atoms. The van der Waals surface area contributed by atoms with E-state index in [-0.39, 0.29) is 30.1 Å². The number of likely N-dealkylation sites (tertiary alicyclic amines) is 1. The summed E-state index contributed by atoms with van der Waals surface area (Å²) in [5.74, 6) is 0.493. The Balaban J connectivity index is 1.36. The number of piperidine rings is 1. The van der Waals surface area contributed by atoms with Crippen LogP contribution in [0, 0.1) is 12.7 Å². The fourth-order valence-electron chi connectivity index (χ4n) is 4.10.